The first-order valence-electron chi connectivity index (χ1n) is 4.41. The van der Waals surface area contributed by atoms with Crippen LogP contribution in [0.5, 0.6) is 5.75 Å². The largest absolute Gasteiger partial charge is 0.486 e. The van der Waals surface area contributed by atoms with Gasteiger partial charge in [0, 0.05) is 0 Å². The molecule has 0 aromatic heterocycles. The first-order chi connectivity index (χ1) is 7.88. The Bertz CT molecular complexity index is 406. The van der Waals surface area contributed by atoms with Crippen molar-refractivity contribution in [3.63, 3.8) is 0 Å². The molecular formula is C10H7F5O2. The Labute approximate surface area is 93.0 Å². The Morgan fingerprint density at radius 1 is 1.35 bits per heavy atom. The molecule has 0 aliphatic carbocycles. The van der Waals surface area contributed by atoms with Crippen LogP contribution >= 0.6 is 0 Å². The van der Waals surface area contributed by atoms with Crippen molar-refractivity contribution < 1.29 is 31.5 Å². The van der Waals surface area contributed by atoms with E-state index in [1.54, 1.807) is 0 Å². The van der Waals surface area contributed by atoms with Crippen molar-refractivity contribution in [1.82, 2.24) is 0 Å². The average molecular weight is 254 g/mol. The van der Waals surface area contributed by atoms with Crippen molar-refractivity contribution >= 4 is 6.29 Å². The maximum atomic E-state index is 13.0. The predicted octanol–water partition coefficient (Wildman–Crippen LogP) is 2.92. The van der Waals surface area contributed by atoms with Crippen LogP contribution in [-0.2, 0) is 0 Å². The smallest absolute Gasteiger partial charge is 0.340 e. The number of benzene rings is 1. The molecule has 0 saturated carbocycles. The Morgan fingerprint density at radius 2 is 2.00 bits per heavy atom. The van der Waals surface area contributed by atoms with E-state index in [-0.39, 0.29) is 6.29 Å². The number of hydrogen-bond donors (Lipinski definition) is 0. The molecule has 0 unspecified atom stereocenters. The second kappa shape index (κ2) is 5.11. The first kappa shape index (κ1) is 13.4. The van der Waals surface area contributed by atoms with Crippen LogP contribution in [0.25, 0.3) is 0 Å². The van der Waals surface area contributed by atoms with Gasteiger partial charge in [0.25, 0.3) is 0 Å². The van der Waals surface area contributed by atoms with Crippen LogP contribution in [0.15, 0.2) is 18.2 Å². The number of alkyl halides is 4. The zero-order valence-electron chi connectivity index (χ0n) is 8.30. The minimum absolute atomic E-state index is 0.0607. The summed E-state index contributed by atoms with van der Waals surface area (Å²) in [6.07, 6.45) is -3.83. The predicted molar refractivity (Wildman–Crippen MR) is 48.2 cm³/mol. The summed E-state index contributed by atoms with van der Waals surface area (Å²) in [7, 11) is 0. The number of hydrogen-bond acceptors (Lipinski definition) is 2. The van der Waals surface area contributed by atoms with E-state index in [4.69, 9.17) is 0 Å². The topological polar surface area (TPSA) is 26.3 Å². The highest BCUT2D eigenvalue weighted by Gasteiger charge is 2.41. The van der Waals surface area contributed by atoms with Crippen molar-refractivity contribution in [3.8, 4) is 5.75 Å². The van der Waals surface area contributed by atoms with Crippen LogP contribution in [-0.4, -0.2) is 25.2 Å². The number of rotatable bonds is 5. The quantitative estimate of drug-likeness (QED) is 0.596. The van der Waals surface area contributed by atoms with Crippen LogP contribution in [0.3, 0.4) is 0 Å². The SMILES string of the molecule is O=Cc1c(F)cccc1OCC(F)(F)C(F)F. The van der Waals surface area contributed by atoms with Crippen molar-refractivity contribution in [1.29, 1.82) is 0 Å². The number of aldehydes is 1. The van der Waals surface area contributed by atoms with Crippen molar-refractivity contribution in [2.24, 2.45) is 0 Å². The molecule has 1 aromatic carbocycles. The van der Waals surface area contributed by atoms with Gasteiger partial charge in [-0.05, 0) is 12.1 Å². The normalized spacial score (nSPS) is 11.6. The number of ether oxygens (including phenoxy) is 1. The second-order valence-electron chi connectivity index (χ2n) is 3.12. The number of carbonyl (C=O) groups excluding carboxylic acids is 1. The van der Waals surface area contributed by atoms with Gasteiger partial charge in [-0.25, -0.2) is 13.2 Å². The van der Waals surface area contributed by atoms with Crippen LogP contribution in [0.2, 0.25) is 0 Å². The number of carbonyl (C=O) groups is 1. The molecule has 0 heterocycles. The zero-order valence-corrected chi connectivity index (χ0v) is 8.30. The van der Waals surface area contributed by atoms with Crippen LogP contribution in [0.4, 0.5) is 22.0 Å². The molecule has 0 spiro atoms. The van der Waals surface area contributed by atoms with Gasteiger partial charge in [0.15, 0.2) is 12.9 Å². The van der Waals surface area contributed by atoms with E-state index in [1.165, 1.54) is 0 Å². The molecule has 0 N–H and O–H groups in total. The minimum Gasteiger partial charge on any atom is -0.486 e. The maximum absolute atomic E-state index is 13.0. The highest BCUT2D eigenvalue weighted by Crippen LogP contribution is 2.26. The third kappa shape index (κ3) is 3.15. The van der Waals surface area contributed by atoms with E-state index in [1.807, 2.05) is 0 Å². The Balaban J connectivity index is 2.83. The van der Waals surface area contributed by atoms with E-state index in [2.05, 4.69) is 4.74 Å². The van der Waals surface area contributed by atoms with E-state index < -0.39 is 36.1 Å². The van der Waals surface area contributed by atoms with Gasteiger partial charge in [-0.3, -0.25) is 4.79 Å². The molecule has 1 rings (SSSR count). The summed E-state index contributed by atoms with van der Waals surface area (Å²) in [6, 6.07) is 3.06. The lowest BCUT2D eigenvalue weighted by Gasteiger charge is -2.16. The molecule has 7 heteroatoms. The molecular weight excluding hydrogens is 247 g/mol. The Kier molecular flexibility index (Phi) is 4.03. The molecule has 94 valence electrons. The van der Waals surface area contributed by atoms with Gasteiger partial charge < -0.3 is 4.74 Å². The summed E-state index contributed by atoms with van der Waals surface area (Å²) in [5.74, 6) is -5.83. The number of halogens is 5. The minimum atomic E-state index is -4.35. The summed E-state index contributed by atoms with van der Waals surface area (Å²) < 4.78 is 65.9. The molecule has 1 aromatic rings. The second-order valence-corrected chi connectivity index (χ2v) is 3.12. The summed E-state index contributed by atoms with van der Waals surface area (Å²) in [5.41, 5.74) is -0.586. The van der Waals surface area contributed by atoms with E-state index >= 15 is 0 Å². The molecule has 0 atom stereocenters. The summed E-state index contributed by atoms with van der Waals surface area (Å²) in [4.78, 5) is 10.5. The molecule has 0 aliphatic rings. The summed E-state index contributed by atoms with van der Waals surface area (Å²) >= 11 is 0. The summed E-state index contributed by atoms with van der Waals surface area (Å²) in [6.45, 7) is -1.63. The molecule has 0 saturated heterocycles. The highest BCUT2D eigenvalue weighted by molar-refractivity contribution is 5.79. The summed E-state index contributed by atoms with van der Waals surface area (Å²) in [5, 5.41) is 0. The van der Waals surface area contributed by atoms with Crippen molar-refractivity contribution in [2.75, 3.05) is 6.61 Å². The lowest BCUT2D eigenvalue weighted by atomic mass is 10.2. The van der Waals surface area contributed by atoms with Crippen LogP contribution < -0.4 is 4.74 Å². The fraction of sp³-hybridized carbons (Fsp3) is 0.300. The standard InChI is InChI=1S/C10H7F5O2/c11-7-2-1-3-8(6(7)4-16)17-5-10(14,15)9(12)13/h1-4,9H,5H2. The van der Waals surface area contributed by atoms with E-state index in [9.17, 15) is 26.7 Å². The van der Waals surface area contributed by atoms with Gasteiger partial charge in [-0.2, -0.15) is 8.78 Å². The molecule has 0 bridgehead atoms. The van der Waals surface area contributed by atoms with Gasteiger partial charge >= 0.3 is 12.3 Å². The van der Waals surface area contributed by atoms with Gasteiger partial charge in [0.2, 0.25) is 0 Å². The van der Waals surface area contributed by atoms with Crippen molar-refractivity contribution in [3.05, 3.63) is 29.6 Å². The highest BCUT2D eigenvalue weighted by atomic mass is 19.3. The fourth-order valence-electron chi connectivity index (χ4n) is 0.994. The van der Waals surface area contributed by atoms with Gasteiger partial charge in [0.1, 0.15) is 11.6 Å². The van der Waals surface area contributed by atoms with E-state index in [0.29, 0.717) is 0 Å². The molecule has 2 nitrogen and oxygen atoms in total. The molecule has 17 heavy (non-hydrogen) atoms. The fourth-order valence-corrected chi connectivity index (χ4v) is 0.994. The lowest BCUT2D eigenvalue weighted by molar-refractivity contribution is -0.148. The first-order valence-corrected chi connectivity index (χ1v) is 4.41. The van der Waals surface area contributed by atoms with Crippen molar-refractivity contribution in [2.45, 2.75) is 12.3 Å². The third-order valence-corrected chi connectivity index (χ3v) is 1.87. The third-order valence-electron chi connectivity index (χ3n) is 1.87. The Morgan fingerprint density at radius 3 is 2.53 bits per heavy atom. The monoisotopic (exact) mass is 254 g/mol. The molecule has 0 radical (unpaired) electrons. The molecule has 0 fully saturated rings. The Hall–Kier alpha value is -1.66. The maximum Gasteiger partial charge on any atom is 0.340 e. The lowest BCUT2D eigenvalue weighted by Crippen LogP contribution is -2.33. The van der Waals surface area contributed by atoms with Gasteiger partial charge in [-0.1, -0.05) is 6.07 Å². The van der Waals surface area contributed by atoms with E-state index in [0.717, 1.165) is 18.2 Å². The van der Waals surface area contributed by atoms with Gasteiger partial charge in [-0.15, -0.1) is 0 Å². The van der Waals surface area contributed by atoms with Crippen LogP contribution in [0, 0.1) is 5.82 Å². The van der Waals surface area contributed by atoms with Gasteiger partial charge in [0.05, 0.1) is 5.56 Å². The van der Waals surface area contributed by atoms with Crippen LogP contribution in [0.1, 0.15) is 10.4 Å². The average Bonchev–Trinajstić information content (AvgIpc) is 2.26. The zero-order chi connectivity index (χ0) is 13.1. The molecule has 0 amide bonds. The molecule has 0 aliphatic heterocycles.